The van der Waals surface area contributed by atoms with E-state index in [4.69, 9.17) is 5.73 Å². The molecule has 6 heteroatoms. The monoisotopic (exact) mass is 359 g/mol. The van der Waals surface area contributed by atoms with Crippen LogP contribution in [0.2, 0.25) is 0 Å². The number of aryl methyl sites for hydroxylation is 1. The van der Waals surface area contributed by atoms with Crippen LogP contribution in [-0.2, 0) is 11.3 Å². The molecule has 1 saturated carbocycles. The van der Waals surface area contributed by atoms with Crippen molar-refractivity contribution >= 4 is 35.6 Å². The van der Waals surface area contributed by atoms with Crippen LogP contribution in [0.5, 0.6) is 0 Å². The van der Waals surface area contributed by atoms with Crippen LogP contribution in [0.15, 0.2) is 42.5 Å². The second-order valence-corrected chi connectivity index (χ2v) is 6.15. The molecule has 4 N–H and O–H groups in total. The van der Waals surface area contributed by atoms with Crippen LogP contribution in [0.3, 0.4) is 0 Å². The molecule has 0 unspecified atom stereocenters. The summed E-state index contributed by atoms with van der Waals surface area (Å²) < 4.78 is 0. The Balaban J connectivity index is 0.00000225. The van der Waals surface area contributed by atoms with Gasteiger partial charge in [-0.3, -0.25) is 9.59 Å². The third kappa shape index (κ3) is 4.81. The molecule has 0 bridgehead atoms. The van der Waals surface area contributed by atoms with Gasteiger partial charge in [-0.1, -0.05) is 18.2 Å². The number of halogens is 1. The van der Waals surface area contributed by atoms with Gasteiger partial charge in [0.2, 0.25) is 5.91 Å². The Morgan fingerprint density at radius 2 is 1.76 bits per heavy atom. The molecule has 0 atom stereocenters. The Labute approximate surface area is 153 Å². The van der Waals surface area contributed by atoms with Crippen LogP contribution in [0.25, 0.3) is 0 Å². The topological polar surface area (TPSA) is 84.2 Å². The third-order valence-corrected chi connectivity index (χ3v) is 4.15. The first-order valence-electron chi connectivity index (χ1n) is 8.08. The first-order valence-corrected chi connectivity index (χ1v) is 8.08. The van der Waals surface area contributed by atoms with Gasteiger partial charge in [-0.25, -0.2) is 0 Å². The quantitative estimate of drug-likeness (QED) is 0.764. The molecule has 0 saturated heterocycles. The summed E-state index contributed by atoms with van der Waals surface area (Å²) in [5.41, 5.74) is 9.44. The predicted octanol–water partition coefficient (Wildman–Crippen LogP) is 3.48. The summed E-state index contributed by atoms with van der Waals surface area (Å²) >= 11 is 0. The van der Waals surface area contributed by atoms with Crippen molar-refractivity contribution in [3.63, 3.8) is 0 Å². The van der Waals surface area contributed by atoms with Gasteiger partial charge in [-0.15, -0.1) is 12.4 Å². The molecule has 2 aromatic rings. The lowest BCUT2D eigenvalue weighted by molar-refractivity contribution is -0.117. The SMILES string of the molecule is Cc1ccc(NC(=O)C2CC2)cc1NC(=O)c1ccc(CN)cc1.Cl. The zero-order valence-corrected chi connectivity index (χ0v) is 14.9. The number of carbonyl (C=O) groups is 2. The second-order valence-electron chi connectivity index (χ2n) is 6.15. The molecule has 0 aliphatic heterocycles. The maximum Gasteiger partial charge on any atom is 0.255 e. The van der Waals surface area contributed by atoms with Gasteiger partial charge >= 0.3 is 0 Å². The lowest BCUT2D eigenvalue weighted by atomic mass is 10.1. The van der Waals surface area contributed by atoms with Crippen molar-refractivity contribution in [2.75, 3.05) is 10.6 Å². The maximum absolute atomic E-state index is 12.4. The van der Waals surface area contributed by atoms with E-state index in [1.807, 2.05) is 31.2 Å². The second kappa shape index (κ2) is 8.14. The molecule has 25 heavy (non-hydrogen) atoms. The van der Waals surface area contributed by atoms with E-state index in [0.29, 0.717) is 23.5 Å². The molecule has 3 rings (SSSR count). The van der Waals surface area contributed by atoms with Crippen LogP contribution >= 0.6 is 12.4 Å². The number of nitrogens with one attached hydrogen (secondary N) is 2. The average Bonchev–Trinajstić information content (AvgIpc) is 3.43. The smallest absolute Gasteiger partial charge is 0.255 e. The van der Waals surface area contributed by atoms with Crippen molar-refractivity contribution in [3.8, 4) is 0 Å². The fourth-order valence-corrected chi connectivity index (χ4v) is 2.41. The lowest BCUT2D eigenvalue weighted by Crippen LogP contribution is -2.15. The summed E-state index contributed by atoms with van der Waals surface area (Å²) in [6.07, 6.45) is 1.92. The fourth-order valence-electron chi connectivity index (χ4n) is 2.41. The van der Waals surface area contributed by atoms with Crippen molar-refractivity contribution in [1.29, 1.82) is 0 Å². The number of carbonyl (C=O) groups excluding carboxylic acids is 2. The summed E-state index contributed by atoms with van der Waals surface area (Å²) in [6.45, 7) is 2.36. The van der Waals surface area contributed by atoms with Gasteiger partial charge in [0, 0.05) is 29.4 Å². The summed E-state index contributed by atoms with van der Waals surface area (Å²) in [7, 11) is 0. The lowest BCUT2D eigenvalue weighted by Gasteiger charge is -2.12. The minimum atomic E-state index is -0.188. The first kappa shape index (κ1) is 19.0. The minimum absolute atomic E-state index is 0. The fraction of sp³-hybridized carbons (Fsp3) is 0.263. The average molecular weight is 360 g/mol. The van der Waals surface area contributed by atoms with E-state index in [-0.39, 0.29) is 30.1 Å². The molecule has 1 aliphatic rings. The van der Waals surface area contributed by atoms with Crippen LogP contribution < -0.4 is 16.4 Å². The van der Waals surface area contributed by atoms with Gasteiger partial charge in [0.15, 0.2) is 0 Å². The van der Waals surface area contributed by atoms with Gasteiger partial charge in [0.1, 0.15) is 0 Å². The van der Waals surface area contributed by atoms with Crippen molar-refractivity contribution < 1.29 is 9.59 Å². The molecule has 2 amide bonds. The Bertz CT molecular complexity index is 771. The normalized spacial score (nSPS) is 12.9. The molecule has 2 aromatic carbocycles. The summed E-state index contributed by atoms with van der Waals surface area (Å²) in [5, 5.41) is 5.80. The van der Waals surface area contributed by atoms with Gasteiger partial charge in [0.05, 0.1) is 0 Å². The maximum atomic E-state index is 12.4. The molecule has 1 aliphatic carbocycles. The standard InChI is InChI=1S/C19H21N3O2.ClH/c1-12-2-9-16(21-18(23)15-7-8-15)10-17(12)22-19(24)14-5-3-13(11-20)4-6-14;/h2-6,9-10,15H,7-8,11,20H2,1H3,(H,21,23)(H,22,24);1H. The predicted molar refractivity (Wildman–Crippen MR) is 102 cm³/mol. The van der Waals surface area contributed by atoms with E-state index < -0.39 is 0 Å². The summed E-state index contributed by atoms with van der Waals surface area (Å²) in [4.78, 5) is 24.3. The van der Waals surface area contributed by atoms with Gasteiger partial charge in [0.25, 0.3) is 5.91 Å². The van der Waals surface area contributed by atoms with Crippen LogP contribution in [0.4, 0.5) is 11.4 Å². The highest BCUT2D eigenvalue weighted by Gasteiger charge is 2.29. The largest absolute Gasteiger partial charge is 0.326 e. The zero-order valence-electron chi connectivity index (χ0n) is 14.0. The van der Waals surface area contributed by atoms with E-state index in [1.165, 1.54) is 0 Å². The Kier molecular flexibility index (Phi) is 6.17. The van der Waals surface area contributed by atoms with Gasteiger partial charge < -0.3 is 16.4 Å². The number of benzene rings is 2. The first-order chi connectivity index (χ1) is 11.6. The minimum Gasteiger partial charge on any atom is -0.326 e. The van der Waals surface area contributed by atoms with Crippen LogP contribution in [-0.4, -0.2) is 11.8 Å². The van der Waals surface area contributed by atoms with E-state index in [2.05, 4.69) is 10.6 Å². The molecule has 1 fully saturated rings. The molecule has 5 nitrogen and oxygen atoms in total. The summed E-state index contributed by atoms with van der Waals surface area (Å²) in [5.74, 6) is 0.00578. The van der Waals surface area contributed by atoms with E-state index in [0.717, 1.165) is 24.0 Å². The van der Waals surface area contributed by atoms with E-state index >= 15 is 0 Å². The number of anilines is 2. The van der Waals surface area contributed by atoms with Gasteiger partial charge in [-0.05, 0) is 55.2 Å². The van der Waals surface area contributed by atoms with Crippen molar-refractivity contribution in [2.45, 2.75) is 26.3 Å². The van der Waals surface area contributed by atoms with E-state index in [1.54, 1.807) is 18.2 Å². The Hall–Kier alpha value is -2.37. The molecule has 132 valence electrons. The van der Waals surface area contributed by atoms with Crippen molar-refractivity contribution in [3.05, 3.63) is 59.2 Å². The number of hydrogen-bond acceptors (Lipinski definition) is 3. The Morgan fingerprint density at radius 1 is 1.08 bits per heavy atom. The highest BCUT2D eigenvalue weighted by atomic mass is 35.5. The molecular formula is C19H22ClN3O2. The molecule has 0 heterocycles. The highest BCUT2D eigenvalue weighted by Crippen LogP contribution is 2.30. The number of nitrogens with two attached hydrogens (primary N) is 1. The number of amides is 2. The van der Waals surface area contributed by atoms with Crippen molar-refractivity contribution in [1.82, 2.24) is 0 Å². The number of hydrogen-bond donors (Lipinski definition) is 3. The molecule has 0 spiro atoms. The van der Waals surface area contributed by atoms with Crippen LogP contribution in [0.1, 0.15) is 34.3 Å². The third-order valence-electron chi connectivity index (χ3n) is 4.15. The number of rotatable bonds is 5. The summed E-state index contributed by atoms with van der Waals surface area (Å²) in [6, 6.07) is 12.7. The van der Waals surface area contributed by atoms with E-state index in [9.17, 15) is 9.59 Å². The molecular weight excluding hydrogens is 338 g/mol. The van der Waals surface area contributed by atoms with Crippen molar-refractivity contribution in [2.24, 2.45) is 11.7 Å². The molecule has 0 radical (unpaired) electrons. The molecule has 0 aromatic heterocycles. The Morgan fingerprint density at radius 3 is 2.36 bits per heavy atom. The highest BCUT2D eigenvalue weighted by molar-refractivity contribution is 6.05. The van der Waals surface area contributed by atoms with Gasteiger partial charge in [-0.2, -0.15) is 0 Å². The van der Waals surface area contributed by atoms with Crippen LogP contribution in [0, 0.1) is 12.8 Å². The zero-order chi connectivity index (χ0) is 17.1.